The van der Waals surface area contributed by atoms with E-state index in [1.165, 1.54) is 10.6 Å². The summed E-state index contributed by atoms with van der Waals surface area (Å²) >= 11 is 0. The number of ether oxygens (including phenoxy) is 1. The first kappa shape index (κ1) is 21.9. The third kappa shape index (κ3) is 6.07. The highest BCUT2D eigenvalue weighted by Crippen LogP contribution is 2.25. The van der Waals surface area contributed by atoms with Crippen LogP contribution >= 0.6 is 0 Å². The molecule has 0 fully saturated rings. The molecule has 0 unspecified atom stereocenters. The van der Waals surface area contributed by atoms with E-state index in [2.05, 4.69) is 5.32 Å². The number of anilines is 2. The zero-order chi connectivity index (χ0) is 20.7. The van der Waals surface area contributed by atoms with E-state index in [4.69, 9.17) is 4.74 Å². The Morgan fingerprint density at radius 3 is 2.54 bits per heavy atom. The van der Waals surface area contributed by atoms with Gasteiger partial charge in [-0.15, -0.1) is 0 Å². The number of nitrogens with zero attached hydrogens (tertiary/aromatic N) is 1. The van der Waals surface area contributed by atoms with Crippen molar-refractivity contribution < 1.29 is 17.9 Å². The van der Waals surface area contributed by atoms with Crippen molar-refractivity contribution in [1.82, 2.24) is 0 Å². The molecule has 152 valence electrons. The number of carbonyl (C=O) groups excluding carboxylic acids is 1. The SMILES string of the molecule is COCc1cccc(NC(=O)CCCN(c2cccc(C)c2C)S(C)(=O)=O)c1. The molecule has 0 aliphatic carbocycles. The lowest BCUT2D eigenvalue weighted by atomic mass is 10.1. The maximum atomic E-state index is 12.3. The molecule has 2 aromatic carbocycles. The maximum absolute atomic E-state index is 12.3. The van der Waals surface area contributed by atoms with Crippen LogP contribution in [0.1, 0.15) is 29.5 Å². The molecule has 1 amide bonds. The quantitative estimate of drug-likeness (QED) is 0.692. The second kappa shape index (κ2) is 9.71. The Kier molecular flexibility index (Phi) is 7.60. The first-order chi connectivity index (χ1) is 13.2. The molecule has 0 saturated carbocycles. The van der Waals surface area contributed by atoms with Gasteiger partial charge in [0.2, 0.25) is 15.9 Å². The summed E-state index contributed by atoms with van der Waals surface area (Å²) in [5, 5.41) is 2.85. The second-order valence-corrected chi connectivity index (χ2v) is 8.75. The topological polar surface area (TPSA) is 75.7 Å². The van der Waals surface area contributed by atoms with Crippen LogP contribution in [0.5, 0.6) is 0 Å². The molecule has 0 aliphatic heterocycles. The van der Waals surface area contributed by atoms with Crippen LogP contribution in [0, 0.1) is 13.8 Å². The number of hydrogen-bond donors (Lipinski definition) is 1. The van der Waals surface area contributed by atoms with Gasteiger partial charge < -0.3 is 10.1 Å². The molecule has 0 atom stereocenters. The van der Waals surface area contributed by atoms with Gasteiger partial charge in [0.25, 0.3) is 0 Å². The number of aryl methyl sites for hydroxylation is 1. The number of amides is 1. The van der Waals surface area contributed by atoms with Crippen LogP contribution in [0.4, 0.5) is 11.4 Å². The Morgan fingerprint density at radius 2 is 1.86 bits per heavy atom. The summed E-state index contributed by atoms with van der Waals surface area (Å²) in [5.74, 6) is -0.149. The standard InChI is InChI=1S/C21H28N2O4S/c1-16-8-5-11-20(17(16)2)23(28(4,25)26)13-7-12-21(24)22-19-10-6-9-18(14-19)15-27-3/h5-6,8-11,14H,7,12-13,15H2,1-4H3,(H,22,24). The smallest absolute Gasteiger partial charge is 0.232 e. The van der Waals surface area contributed by atoms with Gasteiger partial charge in [-0.1, -0.05) is 24.3 Å². The molecule has 2 aromatic rings. The van der Waals surface area contributed by atoms with E-state index in [9.17, 15) is 13.2 Å². The summed E-state index contributed by atoms with van der Waals surface area (Å²) in [7, 11) is -1.82. The highest BCUT2D eigenvalue weighted by Gasteiger charge is 2.19. The largest absolute Gasteiger partial charge is 0.380 e. The predicted octanol–water partition coefficient (Wildman–Crippen LogP) is 3.63. The van der Waals surface area contributed by atoms with Crippen LogP contribution in [0.15, 0.2) is 42.5 Å². The highest BCUT2D eigenvalue weighted by atomic mass is 32.2. The van der Waals surface area contributed by atoms with Gasteiger partial charge in [-0.05, 0) is 55.2 Å². The molecule has 0 spiro atoms. The average Bonchev–Trinajstić information content (AvgIpc) is 2.61. The summed E-state index contributed by atoms with van der Waals surface area (Å²) in [6.45, 7) is 4.58. The lowest BCUT2D eigenvalue weighted by Crippen LogP contribution is -2.32. The van der Waals surface area contributed by atoms with E-state index < -0.39 is 10.0 Å². The molecule has 0 saturated heterocycles. The van der Waals surface area contributed by atoms with Gasteiger partial charge in [0.1, 0.15) is 0 Å². The maximum Gasteiger partial charge on any atom is 0.232 e. The molecular formula is C21H28N2O4S. The normalized spacial score (nSPS) is 11.3. The van der Waals surface area contributed by atoms with Crippen molar-refractivity contribution in [3.63, 3.8) is 0 Å². The summed E-state index contributed by atoms with van der Waals surface area (Å²) in [4.78, 5) is 12.3. The van der Waals surface area contributed by atoms with Crippen LogP contribution in [0.25, 0.3) is 0 Å². The van der Waals surface area contributed by atoms with Crippen molar-refractivity contribution in [2.24, 2.45) is 0 Å². The zero-order valence-corrected chi connectivity index (χ0v) is 17.7. The predicted molar refractivity (Wildman–Crippen MR) is 113 cm³/mol. The molecule has 7 heteroatoms. The van der Waals surface area contributed by atoms with Gasteiger partial charge in [-0.25, -0.2) is 8.42 Å². The first-order valence-electron chi connectivity index (χ1n) is 9.14. The summed E-state index contributed by atoms with van der Waals surface area (Å²) in [5.41, 5.74) is 4.29. The van der Waals surface area contributed by atoms with E-state index in [0.717, 1.165) is 16.7 Å². The molecule has 0 heterocycles. The molecule has 0 aliphatic rings. The lowest BCUT2D eigenvalue weighted by molar-refractivity contribution is -0.116. The Morgan fingerprint density at radius 1 is 1.14 bits per heavy atom. The monoisotopic (exact) mass is 404 g/mol. The van der Waals surface area contributed by atoms with Gasteiger partial charge in [0.05, 0.1) is 18.6 Å². The van der Waals surface area contributed by atoms with Crippen molar-refractivity contribution in [1.29, 1.82) is 0 Å². The van der Waals surface area contributed by atoms with Crippen molar-refractivity contribution in [3.05, 3.63) is 59.2 Å². The third-order valence-electron chi connectivity index (χ3n) is 4.53. The lowest BCUT2D eigenvalue weighted by Gasteiger charge is -2.24. The Bertz CT molecular complexity index is 926. The Labute approximate surface area is 167 Å². The fourth-order valence-electron chi connectivity index (χ4n) is 2.98. The van der Waals surface area contributed by atoms with Crippen LogP contribution in [0.2, 0.25) is 0 Å². The molecule has 0 radical (unpaired) electrons. The molecule has 0 bridgehead atoms. The van der Waals surface area contributed by atoms with Gasteiger partial charge in [0.15, 0.2) is 0 Å². The van der Waals surface area contributed by atoms with E-state index in [1.807, 2.05) is 50.2 Å². The van der Waals surface area contributed by atoms with Crippen molar-refractivity contribution in [3.8, 4) is 0 Å². The van der Waals surface area contributed by atoms with Gasteiger partial charge in [-0.3, -0.25) is 9.10 Å². The van der Waals surface area contributed by atoms with Gasteiger partial charge in [-0.2, -0.15) is 0 Å². The molecule has 2 rings (SSSR count). The van der Waals surface area contributed by atoms with E-state index in [1.54, 1.807) is 13.2 Å². The van der Waals surface area contributed by atoms with Gasteiger partial charge >= 0.3 is 0 Å². The van der Waals surface area contributed by atoms with Crippen LogP contribution in [0.3, 0.4) is 0 Å². The van der Waals surface area contributed by atoms with Crippen molar-refractivity contribution >= 4 is 27.3 Å². The van der Waals surface area contributed by atoms with E-state index in [0.29, 0.717) is 24.4 Å². The minimum Gasteiger partial charge on any atom is -0.380 e. The molecule has 28 heavy (non-hydrogen) atoms. The molecule has 0 aromatic heterocycles. The number of methoxy groups -OCH3 is 1. The van der Waals surface area contributed by atoms with Crippen molar-refractivity contribution in [2.45, 2.75) is 33.3 Å². The minimum absolute atomic E-state index is 0.149. The zero-order valence-electron chi connectivity index (χ0n) is 16.9. The fourth-order valence-corrected chi connectivity index (χ4v) is 4.00. The third-order valence-corrected chi connectivity index (χ3v) is 5.71. The summed E-state index contributed by atoms with van der Waals surface area (Å²) in [6.07, 6.45) is 1.84. The number of nitrogens with one attached hydrogen (secondary N) is 1. The van der Waals surface area contributed by atoms with E-state index >= 15 is 0 Å². The van der Waals surface area contributed by atoms with Crippen LogP contribution in [-0.4, -0.2) is 34.2 Å². The molecule has 6 nitrogen and oxygen atoms in total. The number of sulfonamides is 1. The number of carbonyl (C=O) groups is 1. The average molecular weight is 405 g/mol. The minimum atomic E-state index is -3.44. The van der Waals surface area contributed by atoms with Gasteiger partial charge in [0, 0.05) is 25.8 Å². The fraction of sp³-hybridized carbons (Fsp3) is 0.381. The van der Waals surface area contributed by atoms with Crippen LogP contribution < -0.4 is 9.62 Å². The van der Waals surface area contributed by atoms with Crippen LogP contribution in [-0.2, 0) is 26.2 Å². The number of benzene rings is 2. The highest BCUT2D eigenvalue weighted by molar-refractivity contribution is 7.92. The number of hydrogen-bond acceptors (Lipinski definition) is 4. The number of rotatable bonds is 9. The second-order valence-electron chi connectivity index (χ2n) is 6.84. The molecule has 1 N–H and O–H groups in total. The van der Waals surface area contributed by atoms with E-state index in [-0.39, 0.29) is 18.9 Å². The molecular weight excluding hydrogens is 376 g/mol. The summed E-state index contributed by atoms with van der Waals surface area (Å²) in [6, 6.07) is 13.0. The summed E-state index contributed by atoms with van der Waals surface area (Å²) < 4.78 is 31.0. The first-order valence-corrected chi connectivity index (χ1v) is 11.0. The Balaban J connectivity index is 2.00. The van der Waals surface area contributed by atoms with Crippen molar-refractivity contribution in [2.75, 3.05) is 29.5 Å². The Hall–Kier alpha value is -2.38.